The summed E-state index contributed by atoms with van der Waals surface area (Å²) in [4.78, 5) is 0. The molecule has 0 spiro atoms. The predicted octanol–water partition coefficient (Wildman–Crippen LogP) is 3.07. The van der Waals surface area contributed by atoms with Crippen molar-refractivity contribution in [2.24, 2.45) is 0 Å². The van der Waals surface area contributed by atoms with Gasteiger partial charge in [-0.2, -0.15) is 0 Å². The zero-order chi connectivity index (χ0) is 34.3. The SMILES string of the molecule is CC(c1ccccc1)(c1ccccc1)C(COB([O-])[O-])(c1ccccc1)c1ccccc1.C[N+](C)(C)CCO.C[N+](C)(C)CCO. The van der Waals surface area contributed by atoms with Gasteiger partial charge in [-0.25, -0.2) is 0 Å². The Bertz CT molecular complexity index is 1270. The van der Waals surface area contributed by atoms with Crippen molar-refractivity contribution in [1.82, 2.24) is 0 Å². The Balaban J connectivity index is 0.000000440. The molecule has 0 saturated carbocycles. The second-order valence-corrected chi connectivity index (χ2v) is 13.6. The van der Waals surface area contributed by atoms with Crippen LogP contribution in [-0.2, 0) is 15.5 Å². The van der Waals surface area contributed by atoms with Gasteiger partial charge in [-0.15, -0.1) is 0 Å². The van der Waals surface area contributed by atoms with Crippen LogP contribution in [0.15, 0.2) is 121 Å². The standard InChI is InChI=1S/C28H25BO3.2C5H14NO/c1-27(23-14-6-2-7-15-23,24-16-8-3-9-17-24)28(22-32-29(30)31,25-18-10-4-11-19-25)26-20-12-5-13-21-26;2*1-6(2,3)4-5-7/h2-21H,22H2,1H3;2*7H,4-5H2,1-3H3/q-2;2*+1. The smallest absolute Gasteiger partial charge is 0.101 e. The van der Waals surface area contributed by atoms with Gasteiger partial charge in [0.25, 0.3) is 0 Å². The van der Waals surface area contributed by atoms with Gasteiger partial charge in [0, 0.05) is 12.0 Å². The molecule has 248 valence electrons. The lowest BCUT2D eigenvalue weighted by Crippen LogP contribution is -2.56. The fraction of sp³-hybridized carbons (Fsp3) is 0.368. The molecule has 0 unspecified atom stereocenters. The van der Waals surface area contributed by atoms with Crippen LogP contribution in [0.25, 0.3) is 0 Å². The summed E-state index contributed by atoms with van der Waals surface area (Å²) in [6.45, 7) is 4.34. The average Bonchev–Trinajstić information content (AvgIpc) is 3.02. The van der Waals surface area contributed by atoms with Gasteiger partial charge in [-0.1, -0.05) is 128 Å². The van der Waals surface area contributed by atoms with Crippen LogP contribution in [0.4, 0.5) is 0 Å². The molecule has 0 atom stereocenters. The topological polar surface area (TPSA) is 95.8 Å². The van der Waals surface area contributed by atoms with Crippen LogP contribution in [0.1, 0.15) is 29.2 Å². The lowest BCUT2D eigenvalue weighted by molar-refractivity contribution is -0.870. The van der Waals surface area contributed by atoms with Gasteiger partial charge in [0.05, 0.1) is 68.2 Å². The highest BCUT2D eigenvalue weighted by Gasteiger charge is 2.52. The van der Waals surface area contributed by atoms with E-state index >= 15 is 0 Å². The summed E-state index contributed by atoms with van der Waals surface area (Å²) >= 11 is 0. The molecule has 4 aromatic rings. The zero-order valence-corrected chi connectivity index (χ0v) is 28.7. The summed E-state index contributed by atoms with van der Waals surface area (Å²) in [5.41, 5.74) is 2.58. The van der Waals surface area contributed by atoms with Crippen molar-refractivity contribution in [1.29, 1.82) is 0 Å². The van der Waals surface area contributed by atoms with Gasteiger partial charge in [0.2, 0.25) is 0 Å². The van der Waals surface area contributed by atoms with E-state index in [1.165, 1.54) is 0 Å². The Labute approximate surface area is 277 Å². The highest BCUT2D eigenvalue weighted by molar-refractivity contribution is 6.28. The second-order valence-electron chi connectivity index (χ2n) is 13.6. The van der Waals surface area contributed by atoms with E-state index in [1.807, 2.05) is 97.1 Å². The molecule has 0 aromatic heterocycles. The number of benzene rings is 4. The molecule has 0 fully saturated rings. The molecule has 0 heterocycles. The molecule has 4 aromatic carbocycles. The van der Waals surface area contributed by atoms with Crippen LogP contribution >= 0.6 is 0 Å². The Hall–Kier alpha value is -3.34. The fourth-order valence-electron chi connectivity index (χ4n) is 5.50. The van der Waals surface area contributed by atoms with Crippen molar-refractivity contribution in [2.45, 2.75) is 17.8 Å². The number of aliphatic hydroxyl groups is 2. The molecular formula is C38H53BN2O5. The first-order chi connectivity index (χ1) is 21.7. The predicted molar refractivity (Wildman–Crippen MR) is 185 cm³/mol. The van der Waals surface area contributed by atoms with Gasteiger partial charge >= 0.3 is 0 Å². The van der Waals surface area contributed by atoms with E-state index in [2.05, 4.69) is 73.5 Å². The molecule has 0 aliphatic carbocycles. The van der Waals surface area contributed by atoms with E-state index in [9.17, 15) is 10.0 Å². The van der Waals surface area contributed by atoms with Crippen molar-refractivity contribution in [3.8, 4) is 0 Å². The maximum Gasteiger partial charge on any atom is 0.101 e. The molecule has 2 N–H and O–H groups in total. The third-order valence-corrected chi connectivity index (χ3v) is 8.07. The third kappa shape index (κ3) is 11.2. The summed E-state index contributed by atoms with van der Waals surface area (Å²) in [6, 6.07) is 40.5. The molecule has 46 heavy (non-hydrogen) atoms. The highest BCUT2D eigenvalue weighted by atomic mass is 16.6. The van der Waals surface area contributed by atoms with E-state index in [0.717, 1.165) is 44.3 Å². The van der Waals surface area contributed by atoms with Crippen LogP contribution in [0.2, 0.25) is 0 Å². The summed E-state index contributed by atoms with van der Waals surface area (Å²) in [6.07, 6.45) is 0. The number of hydrogen-bond acceptors (Lipinski definition) is 5. The van der Waals surface area contributed by atoms with Gasteiger partial charge in [0.15, 0.2) is 0 Å². The minimum atomic E-state index is -2.38. The maximum atomic E-state index is 11.7. The number of hydrogen-bond donors (Lipinski definition) is 2. The lowest BCUT2D eigenvalue weighted by atomic mass is 9.52. The van der Waals surface area contributed by atoms with E-state index < -0.39 is 18.2 Å². The normalized spacial score (nSPS) is 11.9. The van der Waals surface area contributed by atoms with Gasteiger partial charge < -0.3 is 33.9 Å². The highest BCUT2D eigenvalue weighted by Crippen LogP contribution is 2.53. The van der Waals surface area contributed by atoms with Crippen LogP contribution in [0.3, 0.4) is 0 Å². The van der Waals surface area contributed by atoms with Crippen molar-refractivity contribution in [2.75, 3.05) is 75.2 Å². The summed E-state index contributed by atoms with van der Waals surface area (Å²) in [5.74, 6) is 0. The molecule has 0 aliphatic rings. The van der Waals surface area contributed by atoms with E-state index in [4.69, 9.17) is 14.9 Å². The largest absolute Gasteiger partial charge is 0.871 e. The molecule has 8 heteroatoms. The van der Waals surface area contributed by atoms with Crippen LogP contribution in [0.5, 0.6) is 0 Å². The van der Waals surface area contributed by atoms with Crippen molar-refractivity contribution >= 4 is 7.32 Å². The van der Waals surface area contributed by atoms with Gasteiger partial charge in [-0.3, -0.25) is 0 Å². The number of nitrogens with zero attached hydrogens (tertiary/aromatic N) is 2. The molecule has 0 saturated heterocycles. The van der Waals surface area contributed by atoms with E-state index in [0.29, 0.717) is 0 Å². The number of aliphatic hydroxyl groups excluding tert-OH is 2. The molecule has 0 radical (unpaired) electrons. The zero-order valence-electron chi connectivity index (χ0n) is 28.7. The summed E-state index contributed by atoms with van der Waals surface area (Å²) < 4.78 is 7.08. The summed E-state index contributed by atoms with van der Waals surface area (Å²) in [5, 5.41) is 40.1. The average molecular weight is 629 g/mol. The van der Waals surface area contributed by atoms with Crippen molar-refractivity contribution in [3.05, 3.63) is 144 Å². The van der Waals surface area contributed by atoms with E-state index in [-0.39, 0.29) is 19.8 Å². The van der Waals surface area contributed by atoms with Crippen LogP contribution in [-0.4, -0.2) is 102 Å². The van der Waals surface area contributed by atoms with Crippen LogP contribution in [0, 0.1) is 0 Å². The number of quaternary nitrogens is 2. The Morgan fingerprint density at radius 1 is 0.543 bits per heavy atom. The Morgan fingerprint density at radius 2 is 0.826 bits per heavy atom. The molecule has 0 aliphatic heterocycles. The van der Waals surface area contributed by atoms with Gasteiger partial charge in [0.1, 0.15) is 13.1 Å². The lowest BCUT2D eigenvalue weighted by Gasteiger charge is -2.52. The Kier molecular flexibility index (Phi) is 15.3. The van der Waals surface area contributed by atoms with Crippen molar-refractivity contribution < 1.29 is 33.9 Å². The van der Waals surface area contributed by atoms with Crippen LogP contribution < -0.4 is 10.0 Å². The minimum Gasteiger partial charge on any atom is -0.871 e. The fourth-order valence-corrected chi connectivity index (χ4v) is 5.50. The third-order valence-electron chi connectivity index (χ3n) is 8.07. The molecule has 7 nitrogen and oxygen atoms in total. The maximum absolute atomic E-state index is 11.7. The minimum absolute atomic E-state index is 0.0566. The van der Waals surface area contributed by atoms with E-state index in [1.54, 1.807) is 0 Å². The molecule has 0 amide bonds. The summed E-state index contributed by atoms with van der Waals surface area (Å²) in [7, 11) is 9.93. The number of likely N-dealkylation sites (N-methyl/N-ethyl adjacent to an activating group) is 2. The monoisotopic (exact) mass is 628 g/mol. The molecule has 4 rings (SSSR count). The van der Waals surface area contributed by atoms with Gasteiger partial charge in [-0.05, 0) is 22.3 Å². The van der Waals surface area contributed by atoms with Crippen molar-refractivity contribution in [3.63, 3.8) is 0 Å². The quantitative estimate of drug-likeness (QED) is 0.186. The molecule has 0 bridgehead atoms. The second kappa shape index (κ2) is 18.1. The number of rotatable bonds is 12. The first-order valence-corrected chi connectivity index (χ1v) is 15.7. The Morgan fingerprint density at radius 3 is 1.04 bits per heavy atom. The first kappa shape index (κ1) is 38.8. The molecular weight excluding hydrogens is 575 g/mol. The first-order valence-electron chi connectivity index (χ1n) is 15.7.